The van der Waals surface area contributed by atoms with Crippen molar-refractivity contribution in [1.29, 1.82) is 0 Å². The van der Waals surface area contributed by atoms with Crippen LogP contribution >= 0.6 is 0 Å². The Morgan fingerprint density at radius 3 is 2.67 bits per heavy atom. The first-order chi connectivity index (χ1) is 14.5. The molecule has 150 valence electrons. The van der Waals surface area contributed by atoms with E-state index in [-0.39, 0.29) is 23.3 Å². The molecule has 0 aliphatic carbocycles. The minimum absolute atomic E-state index is 0.118. The first-order valence-electron chi connectivity index (χ1n) is 9.42. The zero-order valence-corrected chi connectivity index (χ0v) is 16.3. The van der Waals surface area contributed by atoms with Crippen molar-refractivity contribution in [2.45, 2.75) is 12.3 Å². The van der Waals surface area contributed by atoms with Crippen molar-refractivity contribution >= 4 is 27.8 Å². The number of para-hydroxylation sites is 1. The summed E-state index contributed by atoms with van der Waals surface area (Å²) in [5, 5.41) is 1.31. The Morgan fingerprint density at radius 1 is 1.07 bits per heavy atom. The molecule has 1 aliphatic heterocycles. The lowest BCUT2D eigenvalue weighted by Crippen LogP contribution is -2.31. The molecule has 0 bridgehead atoms. The normalized spacial score (nSPS) is 15.8. The number of hydrogen-bond donors (Lipinski definition) is 0. The summed E-state index contributed by atoms with van der Waals surface area (Å²) in [6, 6.07) is 14.0. The lowest BCUT2D eigenvalue weighted by Gasteiger charge is -2.24. The maximum Gasteiger partial charge on any atom is 0.343 e. The van der Waals surface area contributed by atoms with Crippen LogP contribution in [0, 0.1) is 0 Å². The van der Waals surface area contributed by atoms with Crippen LogP contribution in [-0.2, 0) is 11.8 Å². The summed E-state index contributed by atoms with van der Waals surface area (Å²) >= 11 is 0. The standard InChI is InChI=1S/C23H17NO6/c1-24-17-10-13(28-2)8-7-12(17)9-16(22(24)26)15-11-19(25)30-21-14-5-3-4-6-18(14)29-23(27)20(15)21/h3-10,15H,11H2,1-2H3. The van der Waals surface area contributed by atoms with Gasteiger partial charge in [0.05, 0.1) is 30.0 Å². The third-order valence-electron chi connectivity index (χ3n) is 5.57. The minimum atomic E-state index is -0.757. The maximum atomic E-state index is 13.2. The number of esters is 1. The van der Waals surface area contributed by atoms with Gasteiger partial charge in [-0.1, -0.05) is 12.1 Å². The van der Waals surface area contributed by atoms with Gasteiger partial charge in [0.1, 0.15) is 11.3 Å². The van der Waals surface area contributed by atoms with Gasteiger partial charge in [-0.25, -0.2) is 4.79 Å². The van der Waals surface area contributed by atoms with Crippen LogP contribution in [0.2, 0.25) is 0 Å². The molecule has 3 heterocycles. The molecule has 0 amide bonds. The quantitative estimate of drug-likeness (QED) is 0.378. The van der Waals surface area contributed by atoms with Gasteiger partial charge in [0.2, 0.25) is 0 Å². The Kier molecular flexibility index (Phi) is 3.99. The number of aromatic nitrogens is 1. The molecule has 0 saturated heterocycles. The number of ether oxygens (including phenoxy) is 2. The summed E-state index contributed by atoms with van der Waals surface area (Å²) < 4.78 is 17.7. The van der Waals surface area contributed by atoms with Gasteiger partial charge in [-0.2, -0.15) is 0 Å². The lowest BCUT2D eigenvalue weighted by atomic mass is 9.86. The van der Waals surface area contributed by atoms with Crippen molar-refractivity contribution in [2.75, 3.05) is 7.11 Å². The molecular formula is C23H17NO6. The average molecular weight is 403 g/mol. The van der Waals surface area contributed by atoms with Crippen LogP contribution in [0.1, 0.15) is 23.5 Å². The van der Waals surface area contributed by atoms with E-state index in [1.165, 1.54) is 4.57 Å². The van der Waals surface area contributed by atoms with E-state index >= 15 is 0 Å². The van der Waals surface area contributed by atoms with Gasteiger partial charge in [0.15, 0.2) is 5.75 Å². The molecule has 0 N–H and O–H groups in total. The predicted molar refractivity (Wildman–Crippen MR) is 110 cm³/mol. The van der Waals surface area contributed by atoms with Gasteiger partial charge < -0.3 is 18.5 Å². The van der Waals surface area contributed by atoms with E-state index in [1.807, 2.05) is 6.07 Å². The number of carbonyl (C=O) groups excluding carboxylic acids is 1. The highest BCUT2D eigenvalue weighted by Gasteiger charge is 2.35. The van der Waals surface area contributed by atoms with Gasteiger partial charge >= 0.3 is 11.6 Å². The fourth-order valence-electron chi connectivity index (χ4n) is 4.08. The minimum Gasteiger partial charge on any atom is -0.497 e. The predicted octanol–water partition coefficient (Wildman–Crippen LogP) is 3.09. The summed E-state index contributed by atoms with van der Waals surface area (Å²) in [7, 11) is 3.21. The molecule has 0 saturated carbocycles. The average Bonchev–Trinajstić information content (AvgIpc) is 2.75. The summed E-state index contributed by atoms with van der Waals surface area (Å²) in [4.78, 5) is 38.5. The largest absolute Gasteiger partial charge is 0.497 e. The lowest BCUT2D eigenvalue weighted by molar-refractivity contribution is -0.135. The SMILES string of the molecule is COc1ccc2cc(C3CC(=O)Oc4c3c(=O)oc3ccccc43)c(=O)n(C)c2c1. The van der Waals surface area contributed by atoms with Crippen LogP contribution < -0.4 is 20.7 Å². The van der Waals surface area contributed by atoms with E-state index in [9.17, 15) is 14.4 Å². The Morgan fingerprint density at radius 2 is 1.87 bits per heavy atom. The number of pyridine rings is 1. The van der Waals surface area contributed by atoms with Crippen LogP contribution in [-0.4, -0.2) is 17.6 Å². The third-order valence-corrected chi connectivity index (χ3v) is 5.57. The fraction of sp³-hybridized carbons (Fsp3) is 0.174. The van der Waals surface area contributed by atoms with Gasteiger partial charge in [-0.15, -0.1) is 0 Å². The summed E-state index contributed by atoms with van der Waals surface area (Å²) in [5.41, 5.74) is 0.640. The molecule has 7 heteroatoms. The van der Waals surface area contributed by atoms with Crippen molar-refractivity contribution in [3.8, 4) is 11.5 Å². The molecule has 2 aromatic heterocycles. The molecule has 2 aromatic carbocycles. The molecule has 1 aliphatic rings. The number of carbonyl (C=O) groups is 1. The first-order valence-corrected chi connectivity index (χ1v) is 9.42. The van der Waals surface area contributed by atoms with E-state index in [2.05, 4.69) is 0 Å². The fourth-order valence-corrected chi connectivity index (χ4v) is 4.08. The molecular weight excluding hydrogens is 386 g/mol. The van der Waals surface area contributed by atoms with Crippen LogP contribution in [0.4, 0.5) is 0 Å². The first kappa shape index (κ1) is 18.2. The maximum absolute atomic E-state index is 13.2. The van der Waals surface area contributed by atoms with Crippen LogP contribution in [0.15, 0.2) is 62.5 Å². The highest BCUT2D eigenvalue weighted by Crippen LogP contribution is 2.40. The molecule has 30 heavy (non-hydrogen) atoms. The van der Waals surface area contributed by atoms with Crippen molar-refractivity contribution < 1.29 is 18.7 Å². The smallest absolute Gasteiger partial charge is 0.343 e. The number of fused-ring (bicyclic) bond motifs is 4. The molecule has 0 fully saturated rings. The monoisotopic (exact) mass is 403 g/mol. The molecule has 0 spiro atoms. The number of hydrogen-bond acceptors (Lipinski definition) is 6. The Labute approximate surface area is 170 Å². The molecule has 4 aromatic rings. The Bertz CT molecular complexity index is 1460. The highest BCUT2D eigenvalue weighted by molar-refractivity contribution is 5.90. The highest BCUT2D eigenvalue weighted by atomic mass is 16.5. The van der Waals surface area contributed by atoms with E-state index in [1.54, 1.807) is 56.6 Å². The zero-order valence-electron chi connectivity index (χ0n) is 16.3. The van der Waals surface area contributed by atoms with Crippen molar-refractivity contribution in [1.82, 2.24) is 4.57 Å². The summed E-state index contributed by atoms with van der Waals surface area (Å²) in [6.07, 6.45) is -0.118. The molecule has 0 radical (unpaired) electrons. The molecule has 1 unspecified atom stereocenters. The molecule has 5 rings (SSSR count). The number of aryl methyl sites for hydroxylation is 1. The van der Waals surface area contributed by atoms with Crippen molar-refractivity contribution in [3.05, 3.63) is 80.4 Å². The molecule has 7 nitrogen and oxygen atoms in total. The van der Waals surface area contributed by atoms with Crippen molar-refractivity contribution in [2.24, 2.45) is 7.05 Å². The topological polar surface area (TPSA) is 87.7 Å². The third kappa shape index (κ3) is 2.62. The van der Waals surface area contributed by atoms with E-state index in [0.29, 0.717) is 27.8 Å². The van der Waals surface area contributed by atoms with Gasteiger partial charge in [0, 0.05) is 24.6 Å². The second-order valence-corrected chi connectivity index (χ2v) is 7.25. The van der Waals surface area contributed by atoms with Gasteiger partial charge in [-0.3, -0.25) is 9.59 Å². The summed E-state index contributed by atoms with van der Waals surface area (Å²) in [6.45, 7) is 0. The van der Waals surface area contributed by atoms with Crippen LogP contribution in [0.25, 0.3) is 21.9 Å². The number of methoxy groups -OCH3 is 1. The van der Waals surface area contributed by atoms with Crippen LogP contribution in [0.5, 0.6) is 11.5 Å². The second kappa shape index (κ2) is 6.59. The number of rotatable bonds is 2. The Hall–Kier alpha value is -3.87. The second-order valence-electron chi connectivity index (χ2n) is 7.25. The van der Waals surface area contributed by atoms with E-state index in [0.717, 1.165) is 5.39 Å². The Balaban J connectivity index is 1.81. The molecule has 1 atom stereocenters. The van der Waals surface area contributed by atoms with Crippen molar-refractivity contribution in [3.63, 3.8) is 0 Å². The summed E-state index contributed by atoms with van der Waals surface area (Å²) in [5.74, 6) is -0.462. The van der Waals surface area contributed by atoms with E-state index < -0.39 is 17.5 Å². The van der Waals surface area contributed by atoms with E-state index in [4.69, 9.17) is 13.9 Å². The van der Waals surface area contributed by atoms with Gasteiger partial charge in [0.25, 0.3) is 5.56 Å². The van der Waals surface area contributed by atoms with Gasteiger partial charge in [-0.05, 0) is 35.7 Å². The zero-order chi connectivity index (χ0) is 21.0. The van der Waals surface area contributed by atoms with Crippen LogP contribution in [0.3, 0.4) is 0 Å². The number of nitrogens with zero attached hydrogens (tertiary/aromatic N) is 1. The number of benzene rings is 2.